The van der Waals surface area contributed by atoms with Gasteiger partial charge in [-0.2, -0.15) is 5.26 Å². The van der Waals surface area contributed by atoms with Crippen LogP contribution in [0.15, 0.2) is 113 Å². The summed E-state index contributed by atoms with van der Waals surface area (Å²) in [5.74, 6) is 0. The van der Waals surface area contributed by atoms with Gasteiger partial charge in [0, 0.05) is 36.1 Å². The molecular formula is C36H27N3OSSi. The van der Waals surface area contributed by atoms with E-state index in [-0.39, 0.29) is 16.8 Å². The van der Waals surface area contributed by atoms with Crippen molar-refractivity contribution in [1.29, 1.82) is 5.26 Å². The average Bonchev–Trinajstić information content (AvgIpc) is 3.73. The van der Waals surface area contributed by atoms with E-state index in [0.29, 0.717) is 33.6 Å². The lowest BCUT2D eigenvalue weighted by molar-refractivity contribution is 0.670. The van der Waals surface area contributed by atoms with Crippen LogP contribution in [-0.2, 0) is 0 Å². The third kappa shape index (κ3) is 4.09. The van der Waals surface area contributed by atoms with Gasteiger partial charge in [-0.25, -0.2) is 4.98 Å². The zero-order valence-corrected chi connectivity index (χ0v) is 24.4. The topological polar surface area (TPSA) is 62.7 Å². The Morgan fingerprint density at radius 2 is 1.52 bits per heavy atom. The van der Waals surface area contributed by atoms with Crippen LogP contribution in [0.25, 0.3) is 44.5 Å². The molecule has 0 aliphatic heterocycles. The molecule has 7 aromatic rings. The van der Waals surface area contributed by atoms with E-state index in [0.717, 1.165) is 21.6 Å². The fraction of sp³-hybridized carbons (Fsp3) is 0.0833. The van der Waals surface area contributed by atoms with Gasteiger partial charge in [0.25, 0.3) is 0 Å². The number of aromatic nitrogens is 2. The highest BCUT2D eigenvalue weighted by Gasteiger charge is 2.37. The van der Waals surface area contributed by atoms with Crippen LogP contribution in [0, 0.1) is 25.0 Å². The van der Waals surface area contributed by atoms with E-state index >= 15 is 0 Å². The molecule has 7 rings (SSSR count). The minimum atomic E-state index is -2.67. The molecule has 0 amide bonds. The van der Waals surface area contributed by atoms with Gasteiger partial charge in [0.05, 0.1) is 33.2 Å². The van der Waals surface area contributed by atoms with Gasteiger partial charge in [-0.15, -0.1) is 11.3 Å². The number of hydrogen-bond acceptors (Lipinski definition) is 5. The van der Waals surface area contributed by atoms with Crippen LogP contribution in [-0.4, -0.2) is 18.0 Å². The molecule has 0 saturated carbocycles. The standard InChI is InChI=1S/C36H27N3OSSi/c1-23-19-31(38-21-24(23)2)30-16-10-15-28-29-18-17-25(20-37)33(35(29)40-34(28)30)32-22-41-36(39-32)42(3,26-11-6-4-7-12-26)27-13-8-5-9-14-27/h4-19,21-22H,1-3H3/i1D3,2D3. The number of hydrogen-bond donors (Lipinski definition) is 0. The van der Waals surface area contributed by atoms with Crippen LogP contribution in [0.2, 0.25) is 6.55 Å². The van der Waals surface area contributed by atoms with Crippen molar-refractivity contribution in [3.05, 3.63) is 125 Å². The minimum Gasteiger partial charge on any atom is -0.455 e. The number of furan rings is 1. The lowest BCUT2D eigenvalue weighted by atomic mass is 10.0. The van der Waals surface area contributed by atoms with Crippen LogP contribution in [0.4, 0.5) is 0 Å². The van der Waals surface area contributed by atoms with Gasteiger partial charge in [0.2, 0.25) is 0 Å². The number of para-hydroxylation sites is 1. The summed E-state index contributed by atoms with van der Waals surface area (Å²) in [6, 6.07) is 33.5. The molecule has 0 aliphatic rings. The number of nitriles is 1. The van der Waals surface area contributed by atoms with Crippen LogP contribution in [0.5, 0.6) is 0 Å². The molecule has 6 heteroatoms. The highest BCUT2D eigenvalue weighted by Crippen LogP contribution is 2.41. The largest absolute Gasteiger partial charge is 0.455 e. The van der Waals surface area contributed by atoms with Gasteiger partial charge in [-0.05, 0) is 59.5 Å². The first-order valence-electron chi connectivity index (χ1n) is 16.4. The first kappa shape index (κ1) is 20.1. The molecule has 0 aliphatic carbocycles. The molecule has 4 nitrogen and oxygen atoms in total. The molecule has 0 atom stereocenters. The van der Waals surface area contributed by atoms with E-state index in [1.165, 1.54) is 16.4 Å². The monoisotopic (exact) mass is 583 g/mol. The first-order chi connectivity index (χ1) is 22.9. The Bertz CT molecular complexity index is 2320. The minimum absolute atomic E-state index is 0.268. The Balaban J connectivity index is 1.43. The Hall–Kier alpha value is -4.83. The Morgan fingerprint density at radius 1 is 0.810 bits per heavy atom. The zero-order valence-electron chi connectivity index (χ0n) is 28.6. The quantitative estimate of drug-likeness (QED) is 0.199. The van der Waals surface area contributed by atoms with Crippen molar-refractivity contribution in [2.75, 3.05) is 0 Å². The predicted molar refractivity (Wildman–Crippen MR) is 176 cm³/mol. The summed E-state index contributed by atoms with van der Waals surface area (Å²) < 4.78 is 55.2. The van der Waals surface area contributed by atoms with E-state index in [2.05, 4.69) is 41.9 Å². The number of benzene rings is 4. The maximum Gasteiger partial charge on any atom is 0.181 e. The fourth-order valence-corrected chi connectivity index (χ4v) is 10.8. The second-order valence-electron chi connectivity index (χ2n) is 10.3. The van der Waals surface area contributed by atoms with Crippen molar-refractivity contribution >= 4 is 56.4 Å². The third-order valence-corrected chi connectivity index (χ3v) is 14.0. The molecule has 202 valence electrons. The number of rotatable bonds is 5. The van der Waals surface area contributed by atoms with E-state index < -0.39 is 21.8 Å². The molecule has 0 bridgehead atoms. The summed E-state index contributed by atoms with van der Waals surface area (Å²) >= 11 is 1.57. The predicted octanol–water partition coefficient (Wildman–Crippen LogP) is 7.36. The average molecular weight is 584 g/mol. The molecule has 4 aromatic carbocycles. The van der Waals surface area contributed by atoms with Gasteiger partial charge in [-0.3, -0.25) is 4.98 Å². The number of pyridine rings is 1. The van der Waals surface area contributed by atoms with Gasteiger partial charge in [0.1, 0.15) is 11.2 Å². The lowest BCUT2D eigenvalue weighted by Crippen LogP contribution is -2.64. The van der Waals surface area contributed by atoms with Gasteiger partial charge in [0.15, 0.2) is 8.07 Å². The summed E-state index contributed by atoms with van der Waals surface area (Å²) in [6.07, 6.45) is 1.11. The van der Waals surface area contributed by atoms with E-state index in [1.807, 2.05) is 60.0 Å². The molecule has 42 heavy (non-hydrogen) atoms. The van der Waals surface area contributed by atoms with Gasteiger partial charge < -0.3 is 4.42 Å². The van der Waals surface area contributed by atoms with Crippen molar-refractivity contribution in [2.24, 2.45) is 0 Å². The van der Waals surface area contributed by atoms with Crippen molar-refractivity contribution < 1.29 is 12.6 Å². The fourth-order valence-electron chi connectivity index (χ4n) is 5.59. The maximum absolute atomic E-state index is 10.3. The molecular weight excluding hydrogens is 551 g/mol. The highest BCUT2D eigenvalue weighted by atomic mass is 32.1. The van der Waals surface area contributed by atoms with Gasteiger partial charge in [-0.1, -0.05) is 79.3 Å². The second-order valence-corrected chi connectivity index (χ2v) is 15.4. The molecule has 0 radical (unpaired) electrons. The summed E-state index contributed by atoms with van der Waals surface area (Å²) in [6.45, 7) is -3.02. The molecule has 3 aromatic heterocycles. The second kappa shape index (κ2) is 10.2. The summed E-state index contributed by atoms with van der Waals surface area (Å²) in [5.41, 5.74) is 2.71. The molecule has 0 saturated heterocycles. The number of nitrogens with zero attached hydrogens (tertiary/aromatic N) is 3. The van der Waals surface area contributed by atoms with Crippen LogP contribution in [0.1, 0.15) is 24.9 Å². The molecule has 0 fully saturated rings. The summed E-state index contributed by atoms with van der Waals surface area (Å²) in [7, 11) is -2.51. The third-order valence-electron chi connectivity index (χ3n) is 7.86. The number of aryl methyl sites for hydroxylation is 2. The Kier molecular flexibility index (Phi) is 4.89. The number of thiazole rings is 1. The molecule has 0 unspecified atom stereocenters. The van der Waals surface area contributed by atoms with Gasteiger partial charge >= 0.3 is 0 Å². The summed E-state index contributed by atoms with van der Waals surface area (Å²) in [4.78, 5) is 9.61. The first-order valence-corrected chi connectivity index (χ1v) is 16.8. The Morgan fingerprint density at radius 3 is 2.21 bits per heavy atom. The van der Waals surface area contributed by atoms with Crippen molar-refractivity contribution in [3.8, 4) is 28.6 Å². The number of fused-ring (bicyclic) bond motifs is 3. The van der Waals surface area contributed by atoms with Crippen molar-refractivity contribution in [1.82, 2.24) is 9.97 Å². The van der Waals surface area contributed by atoms with E-state index in [1.54, 1.807) is 23.5 Å². The molecule has 0 N–H and O–H groups in total. The van der Waals surface area contributed by atoms with E-state index in [9.17, 15) is 5.26 Å². The summed E-state index contributed by atoms with van der Waals surface area (Å²) in [5, 5.41) is 16.2. The van der Waals surface area contributed by atoms with E-state index in [4.69, 9.17) is 17.6 Å². The smallest absolute Gasteiger partial charge is 0.181 e. The Labute approximate surface area is 258 Å². The van der Waals surface area contributed by atoms with Crippen LogP contribution >= 0.6 is 11.3 Å². The highest BCUT2D eigenvalue weighted by molar-refractivity contribution is 7.31. The van der Waals surface area contributed by atoms with Crippen LogP contribution in [0.3, 0.4) is 0 Å². The maximum atomic E-state index is 10.3. The van der Waals surface area contributed by atoms with Crippen molar-refractivity contribution in [3.63, 3.8) is 0 Å². The van der Waals surface area contributed by atoms with Crippen molar-refractivity contribution in [2.45, 2.75) is 20.3 Å². The zero-order chi connectivity index (χ0) is 33.8. The lowest BCUT2D eigenvalue weighted by Gasteiger charge is -2.26. The van der Waals surface area contributed by atoms with Crippen LogP contribution < -0.4 is 15.0 Å². The normalized spacial score (nSPS) is 14.4. The molecule has 0 spiro atoms. The SMILES string of the molecule is [2H]C([2H])([2H])c1cnc(-c2cccc3c2oc2c(-c4csc([Si](C)(c5ccccc5)c5ccccc5)n4)c(C#N)ccc23)cc1C([2H])([2H])[2H]. The molecule has 3 heterocycles.